The van der Waals surface area contributed by atoms with E-state index in [1.165, 1.54) is 12.0 Å². The second-order valence-electron chi connectivity index (χ2n) is 3.66. The Morgan fingerprint density at radius 1 is 1.44 bits per heavy atom. The van der Waals surface area contributed by atoms with Crippen molar-refractivity contribution >= 4 is 5.97 Å². The van der Waals surface area contributed by atoms with E-state index in [4.69, 9.17) is 5.11 Å². The molecule has 0 bridgehead atoms. The van der Waals surface area contributed by atoms with Crippen LogP contribution in [0.2, 0.25) is 0 Å². The van der Waals surface area contributed by atoms with Gasteiger partial charge in [-0.05, 0) is 6.92 Å². The normalized spacial score (nSPS) is 15.2. The van der Waals surface area contributed by atoms with Crippen molar-refractivity contribution in [3.05, 3.63) is 0 Å². The molecule has 0 aromatic heterocycles. The zero-order valence-electron chi connectivity index (χ0n) is 9.82. The standard InChI is InChI=1S/C10H19F2NO3/c1-7(10(15)16-3)8(2)13(4-5-14)6-9(11)12/h7-9,14H,4-6H2,1-3H3. The molecular formula is C10H19F2NO3. The summed E-state index contributed by atoms with van der Waals surface area (Å²) in [6.45, 7) is 2.73. The number of carbonyl (C=O) groups is 1. The molecular weight excluding hydrogens is 220 g/mol. The molecule has 4 nitrogen and oxygen atoms in total. The van der Waals surface area contributed by atoms with Gasteiger partial charge < -0.3 is 9.84 Å². The highest BCUT2D eigenvalue weighted by Gasteiger charge is 2.27. The second kappa shape index (κ2) is 7.51. The Bertz CT molecular complexity index is 214. The van der Waals surface area contributed by atoms with Crippen molar-refractivity contribution in [2.45, 2.75) is 26.3 Å². The summed E-state index contributed by atoms with van der Waals surface area (Å²) < 4.78 is 29.1. The number of hydrogen-bond acceptors (Lipinski definition) is 4. The molecule has 0 fully saturated rings. The van der Waals surface area contributed by atoms with Crippen molar-refractivity contribution in [3.63, 3.8) is 0 Å². The molecule has 0 amide bonds. The van der Waals surface area contributed by atoms with Crippen molar-refractivity contribution in [2.75, 3.05) is 26.8 Å². The molecule has 1 N–H and O–H groups in total. The van der Waals surface area contributed by atoms with Crippen molar-refractivity contribution in [2.24, 2.45) is 5.92 Å². The number of aliphatic hydroxyl groups excluding tert-OH is 1. The van der Waals surface area contributed by atoms with Gasteiger partial charge in [0.1, 0.15) is 0 Å². The summed E-state index contributed by atoms with van der Waals surface area (Å²) in [5.74, 6) is -0.944. The Kier molecular flexibility index (Phi) is 7.16. The fraction of sp³-hybridized carbons (Fsp3) is 0.900. The molecule has 0 radical (unpaired) electrons. The van der Waals surface area contributed by atoms with Gasteiger partial charge >= 0.3 is 5.97 Å². The molecule has 0 heterocycles. The van der Waals surface area contributed by atoms with Gasteiger partial charge in [0.05, 0.1) is 26.2 Å². The minimum absolute atomic E-state index is 0.118. The van der Waals surface area contributed by atoms with E-state index < -0.39 is 30.9 Å². The van der Waals surface area contributed by atoms with Gasteiger partial charge in [-0.25, -0.2) is 8.78 Å². The van der Waals surface area contributed by atoms with Gasteiger partial charge in [-0.2, -0.15) is 0 Å². The third-order valence-corrected chi connectivity index (χ3v) is 2.63. The molecule has 96 valence electrons. The van der Waals surface area contributed by atoms with E-state index >= 15 is 0 Å². The van der Waals surface area contributed by atoms with Crippen LogP contribution >= 0.6 is 0 Å². The van der Waals surface area contributed by atoms with Crippen LogP contribution in [0.25, 0.3) is 0 Å². The molecule has 0 aliphatic heterocycles. The first-order valence-electron chi connectivity index (χ1n) is 5.14. The Morgan fingerprint density at radius 3 is 2.38 bits per heavy atom. The number of rotatable bonds is 7. The van der Waals surface area contributed by atoms with Crippen molar-refractivity contribution < 1.29 is 23.4 Å². The highest BCUT2D eigenvalue weighted by atomic mass is 19.3. The maximum atomic E-state index is 12.3. The molecule has 0 saturated heterocycles. The predicted octanol–water partition coefficient (Wildman–Crippen LogP) is 0.743. The number of aliphatic hydroxyl groups is 1. The highest BCUT2D eigenvalue weighted by Crippen LogP contribution is 2.13. The lowest BCUT2D eigenvalue weighted by atomic mass is 10.0. The van der Waals surface area contributed by atoms with Crippen molar-refractivity contribution in [1.82, 2.24) is 4.90 Å². The summed E-state index contributed by atoms with van der Waals surface area (Å²) in [5, 5.41) is 8.77. The molecule has 0 aromatic rings. The average Bonchev–Trinajstić information content (AvgIpc) is 2.24. The molecule has 0 saturated carbocycles. The topological polar surface area (TPSA) is 49.8 Å². The Morgan fingerprint density at radius 2 is 2.00 bits per heavy atom. The van der Waals surface area contributed by atoms with Gasteiger partial charge in [0.2, 0.25) is 0 Å². The Balaban J connectivity index is 4.46. The maximum absolute atomic E-state index is 12.3. The zero-order valence-corrected chi connectivity index (χ0v) is 9.82. The number of ether oxygens (including phenoxy) is 1. The van der Waals surface area contributed by atoms with Gasteiger partial charge in [-0.1, -0.05) is 6.92 Å². The largest absolute Gasteiger partial charge is 0.469 e. The van der Waals surface area contributed by atoms with Crippen LogP contribution < -0.4 is 0 Å². The smallest absolute Gasteiger partial charge is 0.309 e. The summed E-state index contributed by atoms with van der Waals surface area (Å²) in [6, 6.07) is -0.395. The van der Waals surface area contributed by atoms with Gasteiger partial charge in [0, 0.05) is 12.6 Å². The van der Waals surface area contributed by atoms with Crippen LogP contribution in [0.3, 0.4) is 0 Å². The molecule has 2 atom stereocenters. The van der Waals surface area contributed by atoms with E-state index in [-0.39, 0.29) is 13.2 Å². The maximum Gasteiger partial charge on any atom is 0.309 e. The number of halogens is 2. The average molecular weight is 239 g/mol. The first-order chi connectivity index (χ1) is 7.43. The van der Waals surface area contributed by atoms with Crippen LogP contribution in [0.15, 0.2) is 0 Å². The molecule has 0 aliphatic carbocycles. The van der Waals surface area contributed by atoms with E-state index in [9.17, 15) is 13.6 Å². The number of carbonyl (C=O) groups excluding carboxylic acids is 1. The van der Waals surface area contributed by atoms with E-state index in [1.807, 2.05) is 0 Å². The lowest BCUT2D eigenvalue weighted by Gasteiger charge is -2.31. The third kappa shape index (κ3) is 4.85. The molecule has 2 unspecified atom stereocenters. The molecule has 16 heavy (non-hydrogen) atoms. The first kappa shape index (κ1) is 15.2. The van der Waals surface area contributed by atoms with Crippen LogP contribution in [-0.2, 0) is 9.53 Å². The van der Waals surface area contributed by atoms with Crippen LogP contribution in [0.1, 0.15) is 13.8 Å². The van der Waals surface area contributed by atoms with E-state index in [2.05, 4.69) is 4.74 Å². The molecule has 0 aromatic carbocycles. The number of esters is 1. The molecule has 6 heteroatoms. The van der Waals surface area contributed by atoms with Crippen LogP contribution in [-0.4, -0.2) is 55.2 Å². The highest BCUT2D eigenvalue weighted by molar-refractivity contribution is 5.72. The van der Waals surface area contributed by atoms with Crippen molar-refractivity contribution in [1.29, 1.82) is 0 Å². The minimum Gasteiger partial charge on any atom is -0.469 e. The predicted molar refractivity (Wildman–Crippen MR) is 55.3 cm³/mol. The van der Waals surface area contributed by atoms with Crippen LogP contribution in [0.4, 0.5) is 8.78 Å². The quantitative estimate of drug-likeness (QED) is 0.666. The van der Waals surface area contributed by atoms with Gasteiger partial charge in [0.25, 0.3) is 6.43 Å². The number of alkyl halides is 2. The summed E-state index contributed by atoms with van der Waals surface area (Å²) in [7, 11) is 1.26. The Hall–Kier alpha value is -0.750. The Labute approximate surface area is 94.2 Å². The van der Waals surface area contributed by atoms with Crippen molar-refractivity contribution in [3.8, 4) is 0 Å². The second-order valence-corrected chi connectivity index (χ2v) is 3.66. The lowest BCUT2D eigenvalue weighted by molar-refractivity contribution is -0.147. The van der Waals surface area contributed by atoms with Crippen LogP contribution in [0.5, 0.6) is 0 Å². The molecule has 0 spiro atoms. The SMILES string of the molecule is COC(=O)C(C)C(C)N(CCO)CC(F)F. The van der Waals surface area contributed by atoms with Gasteiger partial charge in [-0.3, -0.25) is 9.69 Å². The van der Waals surface area contributed by atoms with E-state index in [1.54, 1.807) is 13.8 Å². The first-order valence-corrected chi connectivity index (χ1v) is 5.14. The molecule has 0 aliphatic rings. The zero-order chi connectivity index (χ0) is 12.7. The summed E-state index contributed by atoms with van der Waals surface area (Å²) >= 11 is 0. The van der Waals surface area contributed by atoms with Gasteiger partial charge in [-0.15, -0.1) is 0 Å². The number of methoxy groups -OCH3 is 1. The summed E-state index contributed by atoms with van der Waals surface area (Å²) in [5.41, 5.74) is 0. The monoisotopic (exact) mass is 239 g/mol. The molecule has 0 rings (SSSR count). The van der Waals surface area contributed by atoms with E-state index in [0.717, 1.165) is 0 Å². The van der Waals surface area contributed by atoms with E-state index in [0.29, 0.717) is 0 Å². The fourth-order valence-electron chi connectivity index (χ4n) is 1.47. The summed E-state index contributed by atoms with van der Waals surface area (Å²) in [4.78, 5) is 12.6. The fourth-order valence-corrected chi connectivity index (χ4v) is 1.47. The lowest BCUT2D eigenvalue weighted by Crippen LogP contribution is -2.44. The third-order valence-electron chi connectivity index (χ3n) is 2.63. The van der Waals surface area contributed by atoms with Gasteiger partial charge in [0.15, 0.2) is 0 Å². The number of nitrogens with zero attached hydrogens (tertiary/aromatic N) is 1. The number of hydrogen-bond donors (Lipinski definition) is 1. The summed E-state index contributed by atoms with van der Waals surface area (Å²) in [6.07, 6.45) is -2.49. The minimum atomic E-state index is -2.49. The van der Waals surface area contributed by atoms with Crippen LogP contribution in [0, 0.1) is 5.92 Å².